The fourth-order valence-electron chi connectivity index (χ4n) is 3.11. The summed E-state index contributed by atoms with van der Waals surface area (Å²) in [4.78, 5) is 28.5. The van der Waals surface area contributed by atoms with Crippen molar-refractivity contribution in [3.63, 3.8) is 0 Å². The number of piperazine rings is 1. The molecule has 0 radical (unpaired) electrons. The maximum Gasteiger partial charge on any atom is 0.271 e. The van der Waals surface area contributed by atoms with Crippen molar-refractivity contribution in [3.05, 3.63) is 77.0 Å². The van der Waals surface area contributed by atoms with Gasteiger partial charge in [-0.05, 0) is 22.8 Å². The third-order valence-corrected chi connectivity index (χ3v) is 4.32. The number of rotatable bonds is 2. The zero-order chi connectivity index (χ0) is 15.8. The van der Waals surface area contributed by atoms with Crippen LogP contribution in [-0.2, 0) is 22.7 Å². The Labute approximate surface area is 134 Å². The summed E-state index contributed by atoms with van der Waals surface area (Å²) in [5.41, 5.74) is 3.60. The lowest BCUT2D eigenvalue weighted by molar-refractivity contribution is -0.146. The van der Waals surface area contributed by atoms with Gasteiger partial charge in [0.25, 0.3) is 5.91 Å². The molecule has 0 saturated carbocycles. The van der Waals surface area contributed by atoms with Gasteiger partial charge in [0.1, 0.15) is 12.2 Å². The van der Waals surface area contributed by atoms with Crippen LogP contribution in [0.3, 0.4) is 0 Å². The van der Waals surface area contributed by atoms with Crippen LogP contribution < -0.4 is 0 Å². The lowest BCUT2D eigenvalue weighted by Gasteiger charge is -2.38. The topological polar surface area (TPSA) is 40.6 Å². The zero-order valence-electron chi connectivity index (χ0n) is 12.6. The fourth-order valence-corrected chi connectivity index (χ4v) is 3.11. The van der Waals surface area contributed by atoms with Gasteiger partial charge in [0.2, 0.25) is 5.91 Å². The van der Waals surface area contributed by atoms with Crippen LogP contribution >= 0.6 is 0 Å². The number of nitrogens with zero attached hydrogens (tertiary/aromatic N) is 2. The second kappa shape index (κ2) is 5.39. The predicted molar refractivity (Wildman–Crippen MR) is 86.8 cm³/mol. The first-order chi connectivity index (χ1) is 11.2. The van der Waals surface area contributed by atoms with E-state index in [1.807, 2.05) is 60.7 Å². The Balaban J connectivity index is 1.67. The summed E-state index contributed by atoms with van der Waals surface area (Å²) in [7, 11) is 0. The minimum absolute atomic E-state index is 0.0266. The molecule has 2 aliphatic heterocycles. The Morgan fingerprint density at radius 3 is 2.43 bits per heavy atom. The van der Waals surface area contributed by atoms with Crippen molar-refractivity contribution in [2.45, 2.75) is 13.1 Å². The molecule has 114 valence electrons. The summed E-state index contributed by atoms with van der Waals surface area (Å²) < 4.78 is 0. The van der Waals surface area contributed by atoms with Gasteiger partial charge >= 0.3 is 0 Å². The van der Waals surface area contributed by atoms with Gasteiger partial charge in [-0.25, -0.2) is 0 Å². The van der Waals surface area contributed by atoms with Crippen LogP contribution in [0.2, 0.25) is 0 Å². The lowest BCUT2D eigenvalue weighted by Crippen LogP contribution is -2.52. The highest BCUT2D eigenvalue weighted by molar-refractivity contribution is 6.06. The summed E-state index contributed by atoms with van der Waals surface area (Å²) in [5, 5.41) is 0. The Morgan fingerprint density at radius 1 is 0.870 bits per heavy atom. The molecule has 0 atom stereocenters. The van der Waals surface area contributed by atoms with Crippen LogP contribution in [0.5, 0.6) is 0 Å². The van der Waals surface area contributed by atoms with Crippen molar-refractivity contribution in [1.29, 1.82) is 0 Å². The van der Waals surface area contributed by atoms with E-state index in [1.165, 1.54) is 0 Å². The van der Waals surface area contributed by atoms with Gasteiger partial charge in [0, 0.05) is 6.54 Å². The van der Waals surface area contributed by atoms with E-state index in [0.717, 1.165) is 16.7 Å². The largest absolute Gasteiger partial charge is 0.324 e. The van der Waals surface area contributed by atoms with Crippen molar-refractivity contribution < 1.29 is 9.59 Å². The summed E-state index contributed by atoms with van der Waals surface area (Å²) in [6.45, 7) is 1.07. The smallest absolute Gasteiger partial charge is 0.271 e. The molecule has 23 heavy (non-hydrogen) atoms. The molecular formula is C19H16N2O2. The highest BCUT2D eigenvalue weighted by atomic mass is 16.2. The normalized spacial score (nSPS) is 16.8. The monoisotopic (exact) mass is 304 g/mol. The van der Waals surface area contributed by atoms with Crippen LogP contribution in [0.15, 0.2) is 60.3 Å². The molecule has 0 bridgehead atoms. The molecule has 2 aromatic carbocycles. The molecule has 1 saturated heterocycles. The molecule has 0 aromatic heterocycles. The van der Waals surface area contributed by atoms with Crippen LogP contribution in [0.25, 0.3) is 6.08 Å². The van der Waals surface area contributed by atoms with E-state index >= 15 is 0 Å². The summed E-state index contributed by atoms with van der Waals surface area (Å²) in [6, 6.07) is 17.6. The second-order valence-electron chi connectivity index (χ2n) is 5.86. The number of fused-ring (bicyclic) bond motifs is 2. The summed E-state index contributed by atoms with van der Waals surface area (Å²) in [5.74, 6) is -0.107. The third-order valence-electron chi connectivity index (χ3n) is 4.32. The minimum Gasteiger partial charge on any atom is -0.324 e. The molecule has 4 heteroatoms. The van der Waals surface area contributed by atoms with Crippen LogP contribution in [0.4, 0.5) is 0 Å². The second-order valence-corrected chi connectivity index (χ2v) is 5.86. The quantitative estimate of drug-likeness (QED) is 0.855. The Bertz CT molecular complexity index is 811. The number of hydrogen-bond donors (Lipinski definition) is 0. The molecule has 0 N–H and O–H groups in total. The standard InChI is InChI=1S/C19H16N2O2/c22-18-13-20(11-14-6-2-1-3-7-14)19(23)17-10-15-8-4-5-9-16(15)12-21(17)18/h1-10H,11-13H2. The zero-order valence-corrected chi connectivity index (χ0v) is 12.6. The Hall–Kier alpha value is -2.88. The number of amides is 2. The molecule has 4 rings (SSSR count). The number of benzene rings is 2. The first kappa shape index (κ1) is 13.8. The molecule has 2 heterocycles. The molecular weight excluding hydrogens is 288 g/mol. The van der Waals surface area contributed by atoms with E-state index in [4.69, 9.17) is 0 Å². The van der Waals surface area contributed by atoms with Gasteiger partial charge in [0.05, 0.1) is 6.54 Å². The molecule has 0 spiro atoms. The third kappa shape index (κ3) is 2.42. The van der Waals surface area contributed by atoms with Gasteiger partial charge < -0.3 is 9.80 Å². The number of carbonyl (C=O) groups excluding carboxylic acids is 2. The van der Waals surface area contributed by atoms with Gasteiger partial charge in [-0.3, -0.25) is 9.59 Å². The van der Waals surface area contributed by atoms with E-state index in [1.54, 1.807) is 9.80 Å². The Kier molecular flexibility index (Phi) is 3.23. The van der Waals surface area contributed by atoms with E-state index in [0.29, 0.717) is 18.8 Å². The maximum absolute atomic E-state index is 12.8. The summed E-state index contributed by atoms with van der Waals surface area (Å²) >= 11 is 0. The molecule has 0 unspecified atom stereocenters. The maximum atomic E-state index is 12.8. The molecule has 2 aromatic rings. The minimum atomic E-state index is -0.0806. The van der Waals surface area contributed by atoms with Crippen LogP contribution in [0.1, 0.15) is 16.7 Å². The highest BCUT2D eigenvalue weighted by Crippen LogP contribution is 2.29. The van der Waals surface area contributed by atoms with Crippen molar-refractivity contribution in [2.24, 2.45) is 0 Å². The van der Waals surface area contributed by atoms with Crippen molar-refractivity contribution in [1.82, 2.24) is 9.80 Å². The Morgan fingerprint density at radius 2 is 1.61 bits per heavy atom. The molecule has 4 nitrogen and oxygen atoms in total. The van der Waals surface area contributed by atoms with Gasteiger partial charge in [-0.2, -0.15) is 0 Å². The van der Waals surface area contributed by atoms with Crippen LogP contribution in [0, 0.1) is 0 Å². The van der Waals surface area contributed by atoms with Crippen molar-refractivity contribution >= 4 is 17.9 Å². The first-order valence-electron chi connectivity index (χ1n) is 7.65. The van der Waals surface area contributed by atoms with Gasteiger partial charge in [-0.1, -0.05) is 54.6 Å². The number of hydrogen-bond acceptors (Lipinski definition) is 2. The van der Waals surface area contributed by atoms with Gasteiger partial charge in [0.15, 0.2) is 0 Å². The van der Waals surface area contributed by atoms with E-state index in [9.17, 15) is 9.59 Å². The molecule has 2 amide bonds. The van der Waals surface area contributed by atoms with E-state index < -0.39 is 0 Å². The highest BCUT2D eigenvalue weighted by Gasteiger charge is 2.36. The average molecular weight is 304 g/mol. The lowest BCUT2D eigenvalue weighted by atomic mass is 9.99. The van der Waals surface area contributed by atoms with Crippen molar-refractivity contribution in [2.75, 3.05) is 6.54 Å². The van der Waals surface area contributed by atoms with E-state index in [-0.39, 0.29) is 18.4 Å². The average Bonchev–Trinajstić information content (AvgIpc) is 2.59. The first-order valence-corrected chi connectivity index (χ1v) is 7.65. The van der Waals surface area contributed by atoms with Crippen LogP contribution in [-0.4, -0.2) is 28.2 Å². The molecule has 1 fully saturated rings. The molecule has 0 aliphatic carbocycles. The fraction of sp³-hybridized carbons (Fsp3) is 0.158. The molecule has 2 aliphatic rings. The summed E-state index contributed by atoms with van der Waals surface area (Å²) in [6.07, 6.45) is 1.83. The predicted octanol–water partition coefficient (Wildman–Crippen LogP) is 2.41. The SMILES string of the molecule is O=C1C2=Cc3ccccc3CN2C(=O)CN1Cc1ccccc1. The van der Waals surface area contributed by atoms with Crippen molar-refractivity contribution in [3.8, 4) is 0 Å². The van der Waals surface area contributed by atoms with E-state index in [2.05, 4.69) is 0 Å². The number of carbonyl (C=O) groups is 2. The van der Waals surface area contributed by atoms with Gasteiger partial charge in [-0.15, -0.1) is 0 Å².